The second kappa shape index (κ2) is 19.2. The highest BCUT2D eigenvalue weighted by molar-refractivity contribution is 7.52. The number of methoxy groups -OCH3 is 1. The summed E-state index contributed by atoms with van der Waals surface area (Å²) in [5.41, 5.74) is -1.51. The lowest BCUT2D eigenvalue weighted by Crippen LogP contribution is -2.37. The van der Waals surface area contributed by atoms with E-state index >= 15 is 0 Å². The van der Waals surface area contributed by atoms with Crippen LogP contribution in [0.3, 0.4) is 0 Å². The van der Waals surface area contributed by atoms with Gasteiger partial charge in [-0.1, -0.05) is 50.0 Å². The first kappa shape index (κ1) is 40.2. The van der Waals surface area contributed by atoms with Gasteiger partial charge < -0.3 is 24.6 Å². The van der Waals surface area contributed by atoms with Crippen LogP contribution < -0.4 is 31.5 Å². The highest BCUT2D eigenvalue weighted by atomic mass is 31.2. The van der Waals surface area contributed by atoms with Gasteiger partial charge in [-0.2, -0.15) is 18.3 Å². The molecular formula is C31H41F3N5O10P. The number of H-pyrrole nitrogens is 1. The van der Waals surface area contributed by atoms with Crippen LogP contribution >= 0.6 is 7.75 Å². The van der Waals surface area contributed by atoms with Crippen molar-refractivity contribution in [2.45, 2.75) is 76.4 Å². The molecule has 0 bridgehead atoms. The minimum Gasteiger partial charge on any atom is -0.468 e. The number of alkyl halides is 3. The molecule has 0 spiro atoms. The Balaban J connectivity index is 1.45. The third-order valence-corrected chi connectivity index (χ3v) is 8.87. The van der Waals surface area contributed by atoms with E-state index in [2.05, 4.69) is 20.1 Å². The first-order valence-electron chi connectivity index (χ1n) is 15.9. The number of esters is 1. The standard InChI is InChI=1S/C31H41F3N5O10P/c1-21(28(42)46-2)38-50(45,49-23-12-8-7-9-13-23)47-20-24-14-15-26(48-24)39-19-22(27(41)37-30(39)44)18-25(40)35-16-10-5-3-4-6-11-17-36-29(43)31(32,33)34/h7-9,12-15,19,21,24,26H,3-6,10-11,16-18,20H2,1-2H3,(H,35,40)(H,36,43)(H,38,45)(H,37,41,44)/t21-,24-,26+,50?/m0/s1. The molecule has 0 saturated carbocycles. The Kier molecular flexibility index (Phi) is 15.4. The molecule has 0 saturated heterocycles. The van der Waals surface area contributed by atoms with Crippen molar-refractivity contribution in [2.24, 2.45) is 0 Å². The van der Waals surface area contributed by atoms with E-state index in [1.165, 1.54) is 26.3 Å². The van der Waals surface area contributed by atoms with Crippen LogP contribution in [0.2, 0.25) is 0 Å². The van der Waals surface area contributed by atoms with Gasteiger partial charge in [-0.15, -0.1) is 0 Å². The average molecular weight is 732 g/mol. The van der Waals surface area contributed by atoms with Crippen molar-refractivity contribution in [3.8, 4) is 5.75 Å². The average Bonchev–Trinajstić information content (AvgIpc) is 3.54. The Morgan fingerprint density at radius 3 is 2.28 bits per heavy atom. The van der Waals surface area contributed by atoms with Crippen LogP contribution in [0.1, 0.15) is 57.2 Å². The Morgan fingerprint density at radius 1 is 1.00 bits per heavy atom. The Bertz CT molecular complexity index is 1630. The molecule has 4 atom stereocenters. The Labute approximate surface area is 285 Å². The van der Waals surface area contributed by atoms with Gasteiger partial charge in [0, 0.05) is 24.8 Å². The molecule has 3 rings (SSSR count). The smallest absolute Gasteiger partial charge is 0.468 e. The van der Waals surface area contributed by atoms with Gasteiger partial charge in [0.2, 0.25) is 5.91 Å². The fourth-order valence-corrected chi connectivity index (χ4v) is 6.16. The molecule has 0 fully saturated rings. The number of para-hydroxylation sites is 1. The quantitative estimate of drug-likeness (QED) is 0.0677. The second-order valence-electron chi connectivity index (χ2n) is 11.2. The molecule has 1 aliphatic rings. The van der Waals surface area contributed by atoms with Crippen molar-refractivity contribution in [2.75, 3.05) is 26.8 Å². The molecule has 4 N–H and O–H groups in total. The number of aromatic nitrogens is 2. The molecule has 15 nitrogen and oxygen atoms in total. The summed E-state index contributed by atoms with van der Waals surface area (Å²) in [7, 11) is -2.97. The molecular weight excluding hydrogens is 690 g/mol. The Morgan fingerprint density at radius 2 is 1.64 bits per heavy atom. The molecule has 2 amide bonds. The number of ether oxygens (including phenoxy) is 2. The molecule has 1 aliphatic heterocycles. The largest absolute Gasteiger partial charge is 0.471 e. The molecule has 19 heteroatoms. The summed E-state index contributed by atoms with van der Waals surface area (Å²) in [6.45, 7) is 1.39. The molecule has 1 unspecified atom stereocenters. The van der Waals surface area contributed by atoms with Gasteiger partial charge in [-0.25, -0.2) is 9.36 Å². The maximum absolute atomic E-state index is 13.6. The van der Waals surface area contributed by atoms with E-state index in [4.69, 9.17) is 13.8 Å². The topological polar surface area (TPSA) is 196 Å². The first-order valence-corrected chi connectivity index (χ1v) is 17.4. The maximum Gasteiger partial charge on any atom is 0.471 e. The van der Waals surface area contributed by atoms with Crippen LogP contribution in [-0.4, -0.2) is 72.5 Å². The van der Waals surface area contributed by atoms with Gasteiger partial charge in [0.15, 0.2) is 6.23 Å². The predicted molar refractivity (Wildman–Crippen MR) is 173 cm³/mol. The minimum absolute atomic E-state index is 0.0122. The normalized spacial score (nSPS) is 17.5. The summed E-state index contributed by atoms with van der Waals surface area (Å²) in [5, 5.41) is 7.06. The number of unbranched alkanes of at least 4 members (excludes halogenated alkanes) is 5. The van der Waals surface area contributed by atoms with E-state index < -0.39 is 61.3 Å². The summed E-state index contributed by atoms with van der Waals surface area (Å²) in [6, 6.07) is 7.10. The summed E-state index contributed by atoms with van der Waals surface area (Å²) >= 11 is 0. The molecule has 1 aromatic heterocycles. The van der Waals surface area contributed by atoms with Crippen molar-refractivity contribution >= 4 is 25.5 Å². The summed E-state index contributed by atoms with van der Waals surface area (Å²) in [4.78, 5) is 62.5. The number of hydrogen-bond acceptors (Lipinski definition) is 10. The SMILES string of the molecule is COC(=O)[C@H](C)NP(=O)(OC[C@@H]1C=C[C@H](n2cc(CC(=O)NCCCCCCCCNC(=O)C(F)(F)F)c(=O)[nH]c2=O)O1)Oc1ccccc1. The monoisotopic (exact) mass is 731 g/mol. The van der Waals surface area contributed by atoms with Gasteiger partial charge >= 0.3 is 31.5 Å². The van der Waals surface area contributed by atoms with Crippen molar-refractivity contribution in [3.05, 3.63) is 75.1 Å². The van der Waals surface area contributed by atoms with Crippen LogP contribution in [0.25, 0.3) is 0 Å². The number of amides is 2. The van der Waals surface area contributed by atoms with Crippen LogP contribution in [0.5, 0.6) is 5.75 Å². The molecule has 50 heavy (non-hydrogen) atoms. The number of rotatable bonds is 20. The Hall–Kier alpha value is -4.25. The lowest BCUT2D eigenvalue weighted by molar-refractivity contribution is -0.173. The highest BCUT2D eigenvalue weighted by Crippen LogP contribution is 2.45. The van der Waals surface area contributed by atoms with Gasteiger partial charge in [0.25, 0.3) is 5.56 Å². The van der Waals surface area contributed by atoms with Crippen molar-refractivity contribution in [1.29, 1.82) is 0 Å². The highest BCUT2D eigenvalue weighted by Gasteiger charge is 2.38. The zero-order valence-corrected chi connectivity index (χ0v) is 28.4. The van der Waals surface area contributed by atoms with Crippen molar-refractivity contribution < 1.29 is 50.6 Å². The van der Waals surface area contributed by atoms with Crippen molar-refractivity contribution in [3.63, 3.8) is 0 Å². The van der Waals surface area contributed by atoms with E-state index in [1.807, 2.05) is 5.32 Å². The lowest BCUT2D eigenvalue weighted by atomic mass is 10.1. The maximum atomic E-state index is 13.6. The number of nitrogens with zero attached hydrogens (tertiary/aromatic N) is 1. The molecule has 0 radical (unpaired) electrons. The third kappa shape index (κ3) is 13.2. The van der Waals surface area contributed by atoms with Gasteiger partial charge in [-0.05, 0) is 38.0 Å². The van der Waals surface area contributed by atoms with E-state index in [9.17, 15) is 41.7 Å². The zero-order valence-electron chi connectivity index (χ0n) is 27.5. The van der Waals surface area contributed by atoms with E-state index in [1.54, 1.807) is 36.4 Å². The molecule has 0 aliphatic carbocycles. The van der Waals surface area contributed by atoms with Crippen LogP contribution in [0, 0.1) is 0 Å². The molecule has 2 heterocycles. The fourth-order valence-electron chi connectivity index (χ4n) is 4.65. The van der Waals surface area contributed by atoms with Gasteiger partial charge in [0.05, 0.1) is 20.1 Å². The summed E-state index contributed by atoms with van der Waals surface area (Å²) in [6.07, 6.45) is 1.28. The summed E-state index contributed by atoms with van der Waals surface area (Å²) in [5.74, 6) is -2.88. The third-order valence-electron chi connectivity index (χ3n) is 7.22. The van der Waals surface area contributed by atoms with Crippen LogP contribution in [-0.2, 0) is 39.4 Å². The number of benzene rings is 1. The predicted octanol–water partition coefficient (Wildman–Crippen LogP) is 3.02. The van der Waals surface area contributed by atoms with Gasteiger partial charge in [0.1, 0.15) is 17.9 Å². The number of halogens is 3. The first-order chi connectivity index (χ1) is 23.7. The van der Waals surface area contributed by atoms with Crippen LogP contribution in [0.4, 0.5) is 13.2 Å². The summed E-state index contributed by atoms with van der Waals surface area (Å²) < 4.78 is 72.8. The zero-order chi connectivity index (χ0) is 36.7. The van der Waals surface area contributed by atoms with Gasteiger partial charge in [-0.3, -0.25) is 33.3 Å². The lowest BCUT2D eigenvalue weighted by Gasteiger charge is -2.24. The number of nitrogens with one attached hydrogen (secondary N) is 4. The number of aromatic amines is 1. The van der Waals surface area contributed by atoms with Crippen molar-refractivity contribution in [1.82, 2.24) is 25.3 Å². The number of carbonyl (C=O) groups excluding carboxylic acids is 3. The molecule has 1 aromatic carbocycles. The minimum atomic E-state index is -4.89. The van der Waals surface area contributed by atoms with E-state index in [-0.39, 0.29) is 30.9 Å². The molecule has 2 aromatic rings. The fraction of sp³-hybridized carbons (Fsp3) is 0.516. The second-order valence-corrected chi connectivity index (χ2v) is 12.9. The van der Waals surface area contributed by atoms with E-state index in [0.29, 0.717) is 25.8 Å². The van der Waals surface area contributed by atoms with E-state index in [0.717, 1.165) is 23.8 Å². The molecule has 276 valence electrons. The van der Waals surface area contributed by atoms with Crippen LogP contribution in [0.15, 0.2) is 58.3 Å². The number of hydrogen-bond donors (Lipinski definition) is 4. The number of carbonyl (C=O) groups is 3.